The van der Waals surface area contributed by atoms with Gasteiger partial charge in [-0.1, -0.05) is 17.3 Å². The van der Waals surface area contributed by atoms with Crippen molar-refractivity contribution in [3.05, 3.63) is 83.3 Å². The van der Waals surface area contributed by atoms with Gasteiger partial charge >= 0.3 is 5.97 Å². The highest BCUT2D eigenvalue weighted by Crippen LogP contribution is 2.33. The van der Waals surface area contributed by atoms with Crippen molar-refractivity contribution < 1.29 is 19.2 Å². The molecule has 9 nitrogen and oxygen atoms in total. The Bertz CT molecular complexity index is 1230. The molecule has 9 heteroatoms. The highest BCUT2D eigenvalue weighted by Gasteiger charge is 2.33. The Balaban J connectivity index is 1.42. The fraction of sp³-hybridized carbons (Fsp3) is 0.217. The molecular weight excluding hydrogens is 410 g/mol. The van der Waals surface area contributed by atoms with E-state index in [1.54, 1.807) is 25.6 Å². The molecule has 5 rings (SSSR count). The average Bonchev–Trinajstić information content (AvgIpc) is 3.48. The van der Waals surface area contributed by atoms with Crippen LogP contribution in [0.1, 0.15) is 39.2 Å². The first-order chi connectivity index (χ1) is 15.6. The molecule has 1 atom stereocenters. The van der Waals surface area contributed by atoms with E-state index >= 15 is 0 Å². The minimum atomic E-state index is -0.938. The number of carboxylic acids is 1. The van der Waals surface area contributed by atoms with Gasteiger partial charge in [-0.25, -0.2) is 9.78 Å². The molecule has 4 aromatic rings. The van der Waals surface area contributed by atoms with Crippen LogP contribution in [-0.4, -0.2) is 43.2 Å². The number of aromatic amines is 1. The lowest BCUT2D eigenvalue weighted by molar-refractivity contribution is 0.0697. The number of nitrogens with one attached hydrogen (secondary N) is 1. The molecule has 2 aromatic carbocycles. The van der Waals surface area contributed by atoms with Crippen molar-refractivity contribution in [3.8, 4) is 17.1 Å². The minimum absolute atomic E-state index is 0.149. The van der Waals surface area contributed by atoms with Gasteiger partial charge in [-0.15, -0.1) is 0 Å². The predicted octanol–water partition coefficient (Wildman–Crippen LogP) is 3.47. The molecule has 32 heavy (non-hydrogen) atoms. The second-order valence-electron chi connectivity index (χ2n) is 7.64. The summed E-state index contributed by atoms with van der Waals surface area (Å²) in [5.74, 6) is 0.857. The fourth-order valence-electron chi connectivity index (χ4n) is 3.91. The van der Waals surface area contributed by atoms with Crippen molar-refractivity contribution in [2.24, 2.45) is 0 Å². The number of aromatic nitrogens is 4. The zero-order chi connectivity index (χ0) is 22.1. The number of aromatic carboxylic acids is 1. The van der Waals surface area contributed by atoms with Gasteiger partial charge in [0.15, 0.2) is 0 Å². The topological polar surface area (TPSA) is 117 Å². The van der Waals surface area contributed by atoms with E-state index < -0.39 is 5.97 Å². The summed E-state index contributed by atoms with van der Waals surface area (Å²) in [4.78, 5) is 25.7. The number of benzene rings is 2. The number of imidazole rings is 1. The lowest BCUT2D eigenvalue weighted by atomic mass is 10.0. The second kappa shape index (κ2) is 8.27. The summed E-state index contributed by atoms with van der Waals surface area (Å²) in [6, 6.07) is 14.2. The van der Waals surface area contributed by atoms with Crippen molar-refractivity contribution in [2.45, 2.75) is 25.6 Å². The molecule has 0 radical (unpaired) electrons. The molecule has 0 spiro atoms. The molecule has 1 aliphatic heterocycles. The maximum atomic E-state index is 11.1. The number of hydrogen-bond donors (Lipinski definition) is 2. The smallest absolute Gasteiger partial charge is 0.335 e. The first-order valence-electron chi connectivity index (χ1n) is 10.2. The molecule has 0 saturated carbocycles. The lowest BCUT2D eigenvalue weighted by Gasteiger charge is -2.32. The van der Waals surface area contributed by atoms with E-state index in [9.17, 15) is 4.79 Å². The Hall–Kier alpha value is -3.98. The van der Waals surface area contributed by atoms with E-state index in [4.69, 9.17) is 14.4 Å². The van der Waals surface area contributed by atoms with Gasteiger partial charge < -0.3 is 19.4 Å². The number of hydrogen-bond acceptors (Lipinski definition) is 7. The van der Waals surface area contributed by atoms with Gasteiger partial charge in [-0.05, 0) is 42.0 Å². The van der Waals surface area contributed by atoms with E-state index in [1.807, 2.05) is 36.4 Å². The summed E-state index contributed by atoms with van der Waals surface area (Å²) in [6.45, 7) is 1.24. The number of carbonyl (C=O) groups is 1. The monoisotopic (exact) mass is 431 g/mol. The van der Waals surface area contributed by atoms with Crippen LogP contribution in [0.3, 0.4) is 0 Å². The van der Waals surface area contributed by atoms with Crippen molar-refractivity contribution >= 4 is 5.97 Å². The second-order valence-corrected chi connectivity index (χ2v) is 7.64. The van der Waals surface area contributed by atoms with Gasteiger partial charge in [-0.3, -0.25) is 4.90 Å². The van der Waals surface area contributed by atoms with E-state index in [0.29, 0.717) is 31.2 Å². The average molecular weight is 431 g/mol. The zero-order valence-electron chi connectivity index (χ0n) is 17.4. The van der Waals surface area contributed by atoms with E-state index in [1.165, 1.54) is 0 Å². The molecule has 0 unspecified atom stereocenters. The van der Waals surface area contributed by atoms with Crippen molar-refractivity contribution in [2.75, 3.05) is 7.11 Å². The SMILES string of the molecule is COc1ccc(-c2noc([C@@H]3Cc4nc[nH]c4CN3Cc3ccc(C(=O)O)cc3)n2)cc1. The van der Waals surface area contributed by atoms with Crippen LogP contribution >= 0.6 is 0 Å². The summed E-state index contributed by atoms with van der Waals surface area (Å²) in [6.07, 6.45) is 2.33. The molecule has 162 valence electrons. The summed E-state index contributed by atoms with van der Waals surface area (Å²) in [5.41, 5.74) is 4.14. The third kappa shape index (κ3) is 3.85. The van der Waals surface area contributed by atoms with E-state index in [-0.39, 0.29) is 11.6 Å². The molecule has 0 saturated heterocycles. The molecule has 2 N–H and O–H groups in total. The number of methoxy groups -OCH3 is 1. The summed E-state index contributed by atoms with van der Waals surface area (Å²) in [5, 5.41) is 13.3. The van der Waals surface area contributed by atoms with Gasteiger partial charge in [-0.2, -0.15) is 4.98 Å². The molecule has 0 bridgehead atoms. The largest absolute Gasteiger partial charge is 0.497 e. The third-order valence-electron chi connectivity index (χ3n) is 5.66. The maximum absolute atomic E-state index is 11.1. The molecule has 2 aromatic heterocycles. The molecule has 3 heterocycles. The van der Waals surface area contributed by atoms with Crippen LogP contribution in [-0.2, 0) is 19.5 Å². The number of H-pyrrole nitrogens is 1. The molecule has 1 aliphatic rings. The Labute approximate surface area is 183 Å². The van der Waals surface area contributed by atoms with Crippen LogP contribution in [0.15, 0.2) is 59.4 Å². The van der Waals surface area contributed by atoms with Gasteiger partial charge in [0.25, 0.3) is 0 Å². The van der Waals surface area contributed by atoms with Crippen LogP contribution in [0.4, 0.5) is 0 Å². The van der Waals surface area contributed by atoms with Crippen LogP contribution < -0.4 is 4.74 Å². The van der Waals surface area contributed by atoms with Gasteiger partial charge in [0, 0.05) is 25.1 Å². The highest BCUT2D eigenvalue weighted by atomic mass is 16.5. The number of fused-ring (bicyclic) bond motifs is 1. The van der Waals surface area contributed by atoms with Crippen molar-refractivity contribution in [3.63, 3.8) is 0 Å². The first-order valence-corrected chi connectivity index (χ1v) is 10.2. The number of ether oxygens (including phenoxy) is 1. The van der Waals surface area contributed by atoms with Crippen molar-refractivity contribution in [1.82, 2.24) is 25.0 Å². The number of rotatable bonds is 6. The van der Waals surface area contributed by atoms with Crippen LogP contribution in [0.25, 0.3) is 11.4 Å². The minimum Gasteiger partial charge on any atom is -0.497 e. The Morgan fingerprint density at radius 3 is 2.72 bits per heavy atom. The molecule has 0 aliphatic carbocycles. The van der Waals surface area contributed by atoms with E-state index in [2.05, 4.69) is 25.0 Å². The summed E-state index contributed by atoms with van der Waals surface area (Å²) >= 11 is 0. The maximum Gasteiger partial charge on any atom is 0.335 e. The van der Waals surface area contributed by atoms with Gasteiger partial charge in [0.05, 0.1) is 36.4 Å². The molecule has 0 amide bonds. The number of nitrogens with zero attached hydrogens (tertiary/aromatic N) is 4. The Kier molecular flexibility index (Phi) is 5.16. The Morgan fingerprint density at radius 1 is 1.22 bits per heavy atom. The molecular formula is C23H21N5O4. The first kappa shape index (κ1) is 20.0. The van der Waals surface area contributed by atoms with Gasteiger partial charge in [0.2, 0.25) is 11.7 Å². The summed E-state index contributed by atoms with van der Waals surface area (Å²) in [7, 11) is 1.62. The van der Waals surface area contributed by atoms with Crippen molar-refractivity contribution in [1.29, 1.82) is 0 Å². The zero-order valence-corrected chi connectivity index (χ0v) is 17.4. The van der Waals surface area contributed by atoms with Gasteiger partial charge in [0.1, 0.15) is 5.75 Å². The number of carboxylic acid groups (broad SMARTS) is 1. The third-order valence-corrected chi connectivity index (χ3v) is 5.66. The van der Waals surface area contributed by atoms with Crippen LogP contribution in [0.5, 0.6) is 5.75 Å². The van der Waals surface area contributed by atoms with Crippen LogP contribution in [0, 0.1) is 0 Å². The highest BCUT2D eigenvalue weighted by molar-refractivity contribution is 5.87. The quantitative estimate of drug-likeness (QED) is 0.477. The lowest BCUT2D eigenvalue weighted by Crippen LogP contribution is -2.34. The Morgan fingerprint density at radius 2 is 2.00 bits per heavy atom. The van der Waals surface area contributed by atoms with E-state index in [0.717, 1.165) is 28.3 Å². The summed E-state index contributed by atoms with van der Waals surface area (Å²) < 4.78 is 10.9. The van der Waals surface area contributed by atoms with Crippen LogP contribution in [0.2, 0.25) is 0 Å². The molecule has 0 fully saturated rings. The fourth-order valence-corrected chi connectivity index (χ4v) is 3.91. The standard InChI is InChI=1S/C23H21N5O4/c1-31-17-8-6-15(7-9-17)21-26-22(32-27-21)20-10-18-19(25-13-24-18)12-28(20)11-14-2-4-16(5-3-14)23(29)30/h2-9,13,20H,10-12H2,1H3,(H,24,25)(H,29,30)/t20-/m0/s1. The normalized spacial score (nSPS) is 16.0. The predicted molar refractivity (Wildman–Crippen MR) is 114 cm³/mol.